The standard InChI is InChI=1S/C9H13NO/c1-2-4-6-9-8(5-3-1)7-10-11-9/h7H,1-6H2. The molecule has 0 bridgehead atoms. The highest BCUT2D eigenvalue weighted by molar-refractivity contribution is 5.14. The van der Waals surface area contributed by atoms with E-state index < -0.39 is 0 Å². The quantitative estimate of drug-likeness (QED) is 0.568. The summed E-state index contributed by atoms with van der Waals surface area (Å²) in [5, 5.41) is 3.81. The molecule has 0 aliphatic heterocycles. The van der Waals surface area contributed by atoms with Gasteiger partial charge in [-0.15, -0.1) is 0 Å². The molecular formula is C9H13NO. The van der Waals surface area contributed by atoms with Gasteiger partial charge in [-0.2, -0.15) is 0 Å². The molecule has 0 N–H and O–H groups in total. The van der Waals surface area contributed by atoms with Crippen LogP contribution in [0, 0.1) is 0 Å². The molecule has 0 fully saturated rings. The van der Waals surface area contributed by atoms with Gasteiger partial charge in [-0.25, -0.2) is 0 Å². The second-order valence-electron chi connectivity index (χ2n) is 3.19. The number of nitrogens with zero attached hydrogens (tertiary/aromatic N) is 1. The van der Waals surface area contributed by atoms with E-state index in [0.717, 1.165) is 12.2 Å². The van der Waals surface area contributed by atoms with E-state index in [1.807, 2.05) is 6.20 Å². The molecule has 11 heavy (non-hydrogen) atoms. The summed E-state index contributed by atoms with van der Waals surface area (Å²) in [5.41, 5.74) is 1.34. The third-order valence-corrected chi connectivity index (χ3v) is 2.33. The fourth-order valence-corrected chi connectivity index (χ4v) is 1.65. The predicted octanol–water partition coefficient (Wildman–Crippen LogP) is 2.33. The van der Waals surface area contributed by atoms with E-state index in [0.29, 0.717) is 0 Å². The van der Waals surface area contributed by atoms with Gasteiger partial charge >= 0.3 is 0 Å². The van der Waals surface area contributed by atoms with Crippen molar-refractivity contribution in [1.82, 2.24) is 5.16 Å². The van der Waals surface area contributed by atoms with Gasteiger partial charge in [-0.1, -0.05) is 18.0 Å². The van der Waals surface area contributed by atoms with Crippen LogP contribution < -0.4 is 0 Å². The molecule has 2 nitrogen and oxygen atoms in total. The Balaban J connectivity index is 2.18. The zero-order valence-corrected chi connectivity index (χ0v) is 6.68. The Kier molecular flexibility index (Phi) is 1.93. The third kappa shape index (κ3) is 1.44. The van der Waals surface area contributed by atoms with Crippen LogP contribution in [0.5, 0.6) is 0 Å². The molecule has 0 atom stereocenters. The SMILES string of the molecule is c1noc2c1CCCCCC2. The minimum Gasteiger partial charge on any atom is -0.361 e. The Morgan fingerprint density at radius 2 is 1.91 bits per heavy atom. The lowest BCUT2D eigenvalue weighted by Crippen LogP contribution is -1.95. The van der Waals surface area contributed by atoms with Crippen LogP contribution in [0.1, 0.15) is 37.0 Å². The number of aromatic nitrogens is 1. The van der Waals surface area contributed by atoms with Crippen LogP contribution in [-0.2, 0) is 12.8 Å². The summed E-state index contributed by atoms with van der Waals surface area (Å²) in [6, 6.07) is 0. The van der Waals surface area contributed by atoms with Gasteiger partial charge in [0, 0.05) is 12.0 Å². The molecule has 1 aliphatic carbocycles. The zero-order valence-electron chi connectivity index (χ0n) is 6.68. The van der Waals surface area contributed by atoms with Crippen molar-refractivity contribution in [3.8, 4) is 0 Å². The summed E-state index contributed by atoms with van der Waals surface area (Å²) >= 11 is 0. The van der Waals surface area contributed by atoms with Gasteiger partial charge in [-0.05, 0) is 19.3 Å². The van der Waals surface area contributed by atoms with Gasteiger partial charge < -0.3 is 4.52 Å². The van der Waals surface area contributed by atoms with Crippen molar-refractivity contribution in [3.05, 3.63) is 17.5 Å². The highest BCUT2D eigenvalue weighted by atomic mass is 16.5. The number of fused-ring (bicyclic) bond motifs is 1. The van der Waals surface area contributed by atoms with E-state index in [4.69, 9.17) is 4.52 Å². The lowest BCUT2D eigenvalue weighted by molar-refractivity contribution is 0.374. The molecule has 0 unspecified atom stereocenters. The molecule has 0 saturated heterocycles. The largest absolute Gasteiger partial charge is 0.361 e. The number of aryl methyl sites for hydroxylation is 2. The fraction of sp³-hybridized carbons (Fsp3) is 0.667. The Morgan fingerprint density at radius 1 is 1.09 bits per heavy atom. The van der Waals surface area contributed by atoms with Crippen molar-refractivity contribution < 1.29 is 4.52 Å². The molecule has 0 spiro atoms. The lowest BCUT2D eigenvalue weighted by Gasteiger charge is -2.05. The summed E-state index contributed by atoms with van der Waals surface area (Å²) in [4.78, 5) is 0. The predicted molar refractivity (Wildman–Crippen MR) is 42.4 cm³/mol. The minimum absolute atomic E-state index is 1.09. The number of hydrogen-bond acceptors (Lipinski definition) is 2. The first-order valence-corrected chi connectivity index (χ1v) is 4.39. The molecule has 1 aliphatic rings. The third-order valence-electron chi connectivity index (χ3n) is 2.33. The second-order valence-corrected chi connectivity index (χ2v) is 3.19. The van der Waals surface area contributed by atoms with Crippen LogP contribution in [0.15, 0.2) is 10.7 Å². The van der Waals surface area contributed by atoms with Crippen LogP contribution in [0.25, 0.3) is 0 Å². The summed E-state index contributed by atoms with van der Waals surface area (Å²) < 4.78 is 5.14. The maximum atomic E-state index is 5.14. The van der Waals surface area contributed by atoms with Crippen LogP contribution in [0.4, 0.5) is 0 Å². The van der Waals surface area contributed by atoms with Crippen LogP contribution in [0.3, 0.4) is 0 Å². The maximum absolute atomic E-state index is 5.14. The van der Waals surface area contributed by atoms with Crippen molar-refractivity contribution in [1.29, 1.82) is 0 Å². The van der Waals surface area contributed by atoms with Crippen molar-refractivity contribution in [2.75, 3.05) is 0 Å². The van der Waals surface area contributed by atoms with Gasteiger partial charge in [-0.3, -0.25) is 0 Å². The van der Waals surface area contributed by atoms with Crippen LogP contribution in [0.2, 0.25) is 0 Å². The van der Waals surface area contributed by atoms with E-state index in [-0.39, 0.29) is 0 Å². The first-order chi connectivity index (χ1) is 5.47. The average molecular weight is 151 g/mol. The van der Waals surface area contributed by atoms with Gasteiger partial charge in [0.15, 0.2) is 0 Å². The monoisotopic (exact) mass is 151 g/mol. The van der Waals surface area contributed by atoms with Crippen molar-refractivity contribution in [3.63, 3.8) is 0 Å². The van der Waals surface area contributed by atoms with Crippen molar-refractivity contribution >= 4 is 0 Å². The smallest absolute Gasteiger partial charge is 0.139 e. The maximum Gasteiger partial charge on any atom is 0.139 e. The highest BCUT2D eigenvalue weighted by Crippen LogP contribution is 2.18. The summed E-state index contributed by atoms with van der Waals surface area (Å²) in [7, 11) is 0. The van der Waals surface area contributed by atoms with Gasteiger partial charge in [0.25, 0.3) is 0 Å². The molecule has 1 aromatic heterocycles. The molecule has 0 aromatic carbocycles. The van der Waals surface area contributed by atoms with Gasteiger partial charge in [0.05, 0.1) is 6.20 Å². The fourth-order valence-electron chi connectivity index (χ4n) is 1.65. The van der Waals surface area contributed by atoms with E-state index in [1.54, 1.807) is 0 Å². The van der Waals surface area contributed by atoms with E-state index in [1.165, 1.54) is 37.7 Å². The Hall–Kier alpha value is -0.790. The molecule has 1 aromatic rings. The lowest BCUT2D eigenvalue weighted by atomic mass is 10.00. The topological polar surface area (TPSA) is 26.0 Å². The van der Waals surface area contributed by atoms with Crippen molar-refractivity contribution in [2.24, 2.45) is 0 Å². The molecule has 1 heterocycles. The van der Waals surface area contributed by atoms with Crippen molar-refractivity contribution in [2.45, 2.75) is 38.5 Å². The Bertz CT molecular complexity index is 207. The van der Waals surface area contributed by atoms with E-state index in [9.17, 15) is 0 Å². The molecule has 2 heteroatoms. The Labute approximate surface area is 66.6 Å². The Morgan fingerprint density at radius 3 is 2.82 bits per heavy atom. The minimum atomic E-state index is 1.09. The van der Waals surface area contributed by atoms with E-state index in [2.05, 4.69) is 5.16 Å². The average Bonchev–Trinajstić information content (AvgIpc) is 2.35. The molecule has 2 rings (SSSR count). The number of hydrogen-bond donors (Lipinski definition) is 0. The second kappa shape index (κ2) is 3.07. The molecule has 0 amide bonds. The van der Waals surface area contributed by atoms with Crippen LogP contribution >= 0.6 is 0 Å². The first-order valence-electron chi connectivity index (χ1n) is 4.39. The summed E-state index contributed by atoms with van der Waals surface area (Å²) in [5.74, 6) is 1.13. The summed E-state index contributed by atoms with van der Waals surface area (Å²) in [6.07, 6.45) is 9.41. The summed E-state index contributed by atoms with van der Waals surface area (Å²) in [6.45, 7) is 0. The zero-order chi connectivity index (χ0) is 7.52. The van der Waals surface area contributed by atoms with Crippen LogP contribution in [-0.4, -0.2) is 5.16 Å². The van der Waals surface area contributed by atoms with E-state index >= 15 is 0 Å². The normalized spacial score (nSPS) is 18.5. The first kappa shape index (κ1) is 6.89. The molecule has 0 radical (unpaired) electrons. The highest BCUT2D eigenvalue weighted by Gasteiger charge is 2.09. The van der Waals surface area contributed by atoms with Gasteiger partial charge in [0.2, 0.25) is 0 Å². The van der Waals surface area contributed by atoms with Gasteiger partial charge in [0.1, 0.15) is 5.76 Å². The molecule has 0 saturated carbocycles. The molecular weight excluding hydrogens is 138 g/mol. The number of rotatable bonds is 0. The molecule has 60 valence electrons.